The molecular formula is C33H62BrNO3S. The quantitative estimate of drug-likeness (QED) is 0.0493. The van der Waals surface area contributed by atoms with Crippen molar-refractivity contribution in [2.75, 3.05) is 32.0 Å². The zero-order valence-electron chi connectivity index (χ0n) is 26.0. The van der Waals surface area contributed by atoms with Gasteiger partial charge in [0.25, 0.3) is 0 Å². The molecule has 6 heteroatoms. The van der Waals surface area contributed by atoms with Gasteiger partial charge in [-0.2, -0.15) is 0 Å². The average Bonchev–Trinajstić information content (AvgIpc) is 2.90. The molecule has 0 saturated carbocycles. The molecule has 0 aliphatic rings. The molecular weight excluding hydrogens is 570 g/mol. The first-order valence-electron chi connectivity index (χ1n) is 16.1. The Morgan fingerprint density at radius 2 is 0.949 bits per heavy atom. The van der Waals surface area contributed by atoms with Crippen molar-refractivity contribution in [2.45, 2.75) is 148 Å². The SMILES string of the molecule is CCCCCCCCCCC[N+](C)(CCCBr)CCCCCCCCCCC.Cc1ccc(S(=O)(=O)[O-])cc1. The Morgan fingerprint density at radius 3 is 1.28 bits per heavy atom. The van der Waals surface area contributed by atoms with Crippen molar-refractivity contribution in [3.8, 4) is 0 Å². The highest BCUT2D eigenvalue weighted by molar-refractivity contribution is 9.09. The summed E-state index contributed by atoms with van der Waals surface area (Å²) in [4.78, 5) is -0.178. The summed E-state index contributed by atoms with van der Waals surface area (Å²) in [5.41, 5.74) is 0.928. The number of rotatable bonds is 24. The molecule has 0 atom stereocenters. The number of unbranched alkanes of at least 4 members (excludes halogenated alkanes) is 16. The van der Waals surface area contributed by atoms with Gasteiger partial charge in [-0.25, -0.2) is 8.42 Å². The summed E-state index contributed by atoms with van der Waals surface area (Å²) < 4.78 is 32.5. The Hall–Kier alpha value is -0.430. The molecule has 0 bridgehead atoms. The summed E-state index contributed by atoms with van der Waals surface area (Å²) in [5.74, 6) is 0. The monoisotopic (exact) mass is 631 g/mol. The summed E-state index contributed by atoms with van der Waals surface area (Å²) in [6.45, 7) is 10.6. The van der Waals surface area contributed by atoms with Gasteiger partial charge in [0.1, 0.15) is 10.1 Å². The van der Waals surface area contributed by atoms with Gasteiger partial charge in [0.2, 0.25) is 0 Å². The van der Waals surface area contributed by atoms with Gasteiger partial charge in [0.05, 0.1) is 31.6 Å². The molecule has 39 heavy (non-hydrogen) atoms. The molecule has 230 valence electrons. The topological polar surface area (TPSA) is 57.2 Å². The third-order valence-corrected chi connectivity index (χ3v) is 9.15. The van der Waals surface area contributed by atoms with Crippen LogP contribution in [0.25, 0.3) is 0 Å². The fourth-order valence-corrected chi connectivity index (χ4v) is 5.81. The van der Waals surface area contributed by atoms with Gasteiger partial charge in [0.15, 0.2) is 0 Å². The van der Waals surface area contributed by atoms with Crippen LogP contribution in [-0.4, -0.2) is 49.5 Å². The van der Waals surface area contributed by atoms with Gasteiger partial charge >= 0.3 is 0 Å². The molecule has 0 aromatic heterocycles. The van der Waals surface area contributed by atoms with Crippen molar-refractivity contribution < 1.29 is 17.5 Å². The van der Waals surface area contributed by atoms with Crippen molar-refractivity contribution in [2.24, 2.45) is 0 Å². The highest BCUT2D eigenvalue weighted by Gasteiger charge is 2.19. The van der Waals surface area contributed by atoms with Crippen molar-refractivity contribution in [3.05, 3.63) is 29.8 Å². The molecule has 0 fully saturated rings. The third kappa shape index (κ3) is 23.9. The maximum atomic E-state index is 10.4. The van der Waals surface area contributed by atoms with Crippen molar-refractivity contribution in [1.29, 1.82) is 0 Å². The van der Waals surface area contributed by atoms with Crippen LogP contribution in [0, 0.1) is 6.92 Å². The summed E-state index contributed by atoms with van der Waals surface area (Å²) in [6.07, 6.45) is 27.3. The lowest BCUT2D eigenvalue weighted by atomic mass is 10.1. The zero-order chi connectivity index (χ0) is 29.2. The Kier molecular flexibility index (Phi) is 25.0. The molecule has 1 rings (SSSR count). The molecule has 0 radical (unpaired) electrons. The Labute approximate surface area is 252 Å². The summed E-state index contributed by atoms with van der Waals surface area (Å²) >= 11 is 3.65. The van der Waals surface area contributed by atoms with Crippen LogP contribution in [0.2, 0.25) is 0 Å². The fourth-order valence-electron chi connectivity index (χ4n) is 5.09. The number of hydrogen-bond acceptors (Lipinski definition) is 3. The van der Waals surface area contributed by atoms with E-state index in [-0.39, 0.29) is 4.90 Å². The summed E-state index contributed by atoms with van der Waals surface area (Å²) in [5, 5.41) is 1.16. The van der Waals surface area contributed by atoms with E-state index in [1.54, 1.807) is 12.1 Å². The van der Waals surface area contributed by atoms with Gasteiger partial charge in [-0.05, 0) is 44.7 Å². The number of benzene rings is 1. The summed E-state index contributed by atoms with van der Waals surface area (Å²) in [6, 6.07) is 5.78. The predicted octanol–water partition coefficient (Wildman–Crippen LogP) is 10.2. The van der Waals surface area contributed by atoms with Crippen LogP contribution < -0.4 is 0 Å². The van der Waals surface area contributed by atoms with E-state index in [0.29, 0.717) is 0 Å². The number of nitrogens with zero attached hydrogens (tertiary/aromatic N) is 1. The molecule has 1 aromatic carbocycles. The molecule has 0 heterocycles. The van der Waals surface area contributed by atoms with E-state index in [9.17, 15) is 13.0 Å². The molecule has 0 aliphatic heterocycles. The fraction of sp³-hybridized carbons (Fsp3) is 0.818. The van der Waals surface area contributed by atoms with Gasteiger partial charge in [-0.15, -0.1) is 0 Å². The minimum atomic E-state index is -4.27. The highest BCUT2D eigenvalue weighted by Crippen LogP contribution is 2.16. The largest absolute Gasteiger partial charge is 0.744 e. The van der Waals surface area contributed by atoms with E-state index >= 15 is 0 Å². The molecule has 0 N–H and O–H groups in total. The van der Waals surface area contributed by atoms with Gasteiger partial charge in [0, 0.05) is 11.8 Å². The zero-order valence-corrected chi connectivity index (χ0v) is 28.4. The standard InChI is InChI=1S/C26H55BrN.C7H8O3S/c1-4-6-8-10-12-14-16-18-20-24-28(3,26-22-23-27)25-21-19-17-15-13-11-9-7-5-2;1-6-2-4-7(5-3-6)11(8,9)10/h4-26H2,1-3H3;2-5H,1H3,(H,8,9,10)/q+1;/p-1. The third-order valence-electron chi connectivity index (χ3n) is 7.74. The lowest BCUT2D eigenvalue weighted by molar-refractivity contribution is -0.910. The smallest absolute Gasteiger partial charge is 0.124 e. The first-order chi connectivity index (χ1) is 18.7. The number of quaternary nitrogens is 1. The maximum Gasteiger partial charge on any atom is 0.124 e. The molecule has 0 spiro atoms. The second-order valence-electron chi connectivity index (χ2n) is 11.8. The van der Waals surface area contributed by atoms with E-state index in [1.807, 2.05) is 6.92 Å². The van der Waals surface area contributed by atoms with Crippen molar-refractivity contribution in [1.82, 2.24) is 0 Å². The van der Waals surface area contributed by atoms with Crippen LogP contribution in [0.15, 0.2) is 29.2 Å². The van der Waals surface area contributed by atoms with Crippen LogP contribution in [0.3, 0.4) is 0 Å². The van der Waals surface area contributed by atoms with Crippen LogP contribution in [0.5, 0.6) is 0 Å². The van der Waals surface area contributed by atoms with E-state index < -0.39 is 10.1 Å². The molecule has 0 amide bonds. The molecule has 1 aromatic rings. The lowest BCUT2D eigenvalue weighted by Crippen LogP contribution is -2.46. The second-order valence-corrected chi connectivity index (χ2v) is 13.9. The molecule has 4 nitrogen and oxygen atoms in total. The first-order valence-corrected chi connectivity index (χ1v) is 18.6. The minimum Gasteiger partial charge on any atom is -0.744 e. The second kappa shape index (κ2) is 25.3. The number of halogens is 1. The number of hydrogen-bond donors (Lipinski definition) is 0. The Bertz CT molecular complexity index is 746. The van der Waals surface area contributed by atoms with E-state index in [2.05, 4.69) is 36.8 Å². The highest BCUT2D eigenvalue weighted by atomic mass is 79.9. The predicted molar refractivity (Wildman–Crippen MR) is 173 cm³/mol. The first kappa shape index (κ1) is 38.6. The number of alkyl halides is 1. The maximum absolute atomic E-state index is 10.4. The van der Waals surface area contributed by atoms with Crippen LogP contribution in [0.4, 0.5) is 0 Å². The van der Waals surface area contributed by atoms with Gasteiger partial charge < -0.3 is 9.04 Å². The lowest BCUT2D eigenvalue weighted by Gasteiger charge is -2.35. The molecule has 0 unspecified atom stereocenters. The van der Waals surface area contributed by atoms with Crippen molar-refractivity contribution in [3.63, 3.8) is 0 Å². The van der Waals surface area contributed by atoms with Crippen LogP contribution >= 0.6 is 15.9 Å². The van der Waals surface area contributed by atoms with E-state index in [1.165, 1.54) is 158 Å². The number of aryl methyl sites for hydroxylation is 1. The van der Waals surface area contributed by atoms with Gasteiger partial charge in [-0.1, -0.05) is 137 Å². The van der Waals surface area contributed by atoms with E-state index in [0.717, 1.165) is 10.9 Å². The summed E-state index contributed by atoms with van der Waals surface area (Å²) in [7, 11) is -1.74. The van der Waals surface area contributed by atoms with Crippen LogP contribution in [0.1, 0.15) is 141 Å². The average molecular weight is 633 g/mol. The Balaban J connectivity index is 0.00000108. The normalized spacial score (nSPS) is 11.8. The Morgan fingerprint density at radius 1 is 0.615 bits per heavy atom. The van der Waals surface area contributed by atoms with Gasteiger partial charge in [-0.3, -0.25) is 0 Å². The molecule has 0 aliphatic carbocycles. The van der Waals surface area contributed by atoms with E-state index in [4.69, 9.17) is 0 Å². The van der Waals surface area contributed by atoms with Crippen LogP contribution in [-0.2, 0) is 10.1 Å². The molecule has 0 saturated heterocycles. The minimum absolute atomic E-state index is 0.178. The van der Waals surface area contributed by atoms with Crippen molar-refractivity contribution >= 4 is 26.0 Å².